The van der Waals surface area contributed by atoms with Gasteiger partial charge in [0.1, 0.15) is 5.69 Å². The van der Waals surface area contributed by atoms with Gasteiger partial charge in [0.05, 0.1) is 0 Å². The van der Waals surface area contributed by atoms with E-state index in [4.69, 9.17) is 11.6 Å². The topological polar surface area (TPSA) is 50.0 Å². The second-order valence-corrected chi connectivity index (χ2v) is 6.34. The molecule has 3 aromatic rings. The summed E-state index contributed by atoms with van der Waals surface area (Å²) in [5.41, 5.74) is 1.79. The lowest BCUT2D eigenvalue weighted by Crippen LogP contribution is -3.00. The molecule has 1 aromatic heterocycles. The SMILES string of the molecule is CC(C(=O)c1ccc(Cl)cc1)[n+]1cccc(NC(=O)c2ccccc2)c1.[Br-]. The smallest absolute Gasteiger partial charge is 0.255 e. The van der Waals surface area contributed by atoms with Crippen LogP contribution in [0.25, 0.3) is 0 Å². The van der Waals surface area contributed by atoms with Crippen molar-refractivity contribution in [3.63, 3.8) is 0 Å². The van der Waals surface area contributed by atoms with Crippen LogP contribution in [0.4, 0.5) is 5.69 Å². The number of nitrogens with one attached hydrogen (secondary N) is 1. The molecule has 0 saturated carbocycles. The van der Waals surface area contributed by atoms with Crippen molar-refractivity contribution < 1.29 is 31.1 Å². The number of carbonyl (C=O) groups excluding carboxylic acids is 2. The number of hydrogen-bond donors (Lipinski definition) is 1. The van der Waals surface area contributed by atoms with Crippen LogP contribution >= 0.6 is 11.6 Å². The summed E-state index contributed by atoms with van der Waals surface area (Å²) >= 11 is 5.88. The standard InChI is InChI=1S/C21H17ClN2O2.BrH/c1-15(20(25)16-9-11-18(22)12-10-16)24-13-5-8-19(14-24)23-21(26)17-6-3-2-4-7-17;/h2-15H,1H3;1H. The summed E-state index contributed by atoms with van der Waals surface area (Å²) in [6, 6.07) is 19.0. The Morgan fingerprint density at radius 3 is 2.26 bits per heavy atom. The molecule has 0 aliphatic carbocycles. The predicted octanol–water partition coefficient (Wildman–Crippen LogP) is 1.33. The number of amides is 1. The van der Waals surface area contributed by atoms with E-state index in [2.05, 4.69) is 5.32 Å². The van der Waals surface area contributed by atoms with Gasteiger partial charge in [0, 0.05) is 29.1 Å². The van der Waals surface area contributed by atoms with Crippen LogP contribution in [0, 0.1) is 0 Å². The Morgan fingerprint density at radius 1 is 0.926 bits per heavy atom. The largest absolute Gasteiger partial charge is 1.00 e. The number of aromatic nitrogens is 1. The van der Waals surface area contributed by atoms with E-state index in [9.17, 15) is 9.59 Å². The Balaban J connectivity index is 0.00000261. The van der Waals surface area contributed by atoms with Crippen LogP contribution in [0.1, 0.15) is 33.7 Å². The van der Waals surface area contributed by atoms with Crippen molar-refractivity contribution in [1.29, 1.82) is 0 Å². The van der Waals surface area contributed by atoms with Crippen LogP contribution in [-0.4, -0.2) is 11.7 Å². The fourth-order valence-corrected chi connectivity index (χ4v) is 2.72. The van der Waals surface area contributed by atoms with Crippen molar-refractivity contribution >= 4 is 29.0 Å². The lowest BCUT2D eigenvalue weighted by molar-refractivity contribution is -0.704. The molecule has 3 rings (SSSR count). The first kappa shape index (κ1) is 20.8. The second kappa shape index (κ2) is 9.44. The number of anilines is 1. The molecule has 0 aliphatic rings. The number of halogens is 2. The van der Waals surface area contributed by atoms with Gasteiger partial charge in [-0.2, -0.15) is 4.57 Å². The van der Waals surface area contributed by atoms with Gasteiger partial charge >= 0.3 is 0 Å². The predicted molar refractivity (Wildman–Crippen MR) is 102 cm³/mol. The molecule has 0 fully saturated rings. The summed E-state index contributed by atoms with van der Waals surface area (Å²) in [6.07, 6.45) is 3.55. The summed E-state index contributed by atoms with van der Waals surface area (Å²) in [5.74, 6) is -0.224. The van der Waals surface area contributed by atoms with E-state index < -0.39 is 6.04 Å². The zero-order valence-electron chi connectivity index (χ0n) is 14.6. The van der Waals surface area contributed by atoms with Gasteiger partial charge in [0.15, 0.2) is 12.4 Å². The maximum Gasteiger partial charge on any atom is 0.255 e. The summed E-state index contributed by atoms with van der Waals surface area (Å²) in [4.78, 5) is 24.9. The van der Waals surface area contributed by atoms with Crippen molar-refractivity contribution in [2.45, 2.75) is 13.0 Å². The molecule has 6 heteroatoms. The number of ketones is 1. The third-order valence-electron chi connectivity index (χ3n) is 4.07. The van der Waals surface area contributed by atoms with Crippen molar-refractivity contribution in [3.05, 3.63) is 95.3 Å². The Morgan fingerprint density at radius 2 is 1.59 bits per heavy atom. The zero-order chi connectivity index (χ0) is 18.5. The van der Waals surface area contributed by atoms with Crippen molar-refractivity contribution in [1.82, 2.24) is 0 Å². The highest BCUT2D eigenvalue weighted by molar-refractivity contribution is 6.30. The molecule has 0 aliphatic heterocycles. The molecule has 138 valence electrons. The third-order valence-corrected chi connectivity index (χ3v) is 4.32. The van der Waals surface area contributed by atoms with Crippen molar-refractivity contribution in [2.75, 3.05) is 5.32 Å². The van der Waals surface area contributed by atoms with E-state index in [0.717, 1.165) is 0 Å². The van der Waals surface area contributed by atoms with E-state index in [1.807, 2.05) is 25.1 Å². The minimum Gasteiger partial charge on any atom is -1.00 e. The number of benzene rings is 2. The van der Waals surface area contributed by atoms with E-state index in [1.165, 1.54) is 0 Å². The van der Waals surface area contributed by atoms with Crippen LogP contribution in [-0.2, 0) is 0 Å². The van der Waals surface area contributed by atoms with Gasteiger partial charge in [0.25, 0.3) is 5.91 Å². The molecular formula is C21H18BrClN2O2. The van der Waals surface area contributed by atoms with Gasteiger partial charge in [-0.3, -0.25) is 9.59 Å². The van der Waals surface area contributed by atoms with Crippen molar-refractivity contribution in [2.24, 2.45) is 0 Å². The fourth-order valence-electron chi connectivity index (χ4n) is 2.59. The molecule has 0 radical (unpaired) electrons. The van der Waals surface area contributed by atoms with E-state index in [1.54, 1.807) is 65.5 Å². The third kappa shape index (κ3) is 5.25. The fraction of sp³-hybridized carbons (Fsp3) is 0.0952. The number of hydrogen-bond acceptors (Lipinski definition) is 2. The lowest BCUT2D eigenvalue weighted by atomic mass is 10.1. The maximum absolute atomic E-state index is 12.7. The highest BCUT2D eigenvalue weighted by Gasteiger charge is 2.24. The monoisotopic (exact) mass is 444 g/mol. The minimum absolute atomic E-state index is 0. The highest BCUT2D eigenvalue weighted by Crippen LogP contribution is 2.14. The number of carbonyl (C=O) groups is 2. The molecular weight excluding hydrogens is 428 g/mol. The number of Topliss-reactive ketones (excluding diaryl/α,β-unsaturated/α-hetero) is 1. The normalized spacial score (nSPS) is 11.2. The lowest BCUT2D eigenvalue weighted by Gasteiger charge is -2.09. The molecule has 1 unspecified atom stereocenters. The molecule has 1 amide bonds. The first-order valence-corrected chi connectivity index (χ1v) is 8.59. The molecule has 2 aromatic carbocycles. The quantitative estimate of drug-likeness (QED) is 0.476. The molecule has 27 heavy (non-hydrogen) atoms. The minimum atomic E-state index is -0.412. The molecule has 1 N–H and O–H groups in total. The highest BCUT2D eigenvalue weighted by atomic mass is 79.9. The Bertz CT molecular complexity index is 930. The number of pyridine rings is 1. The van der Waals surface area contributed by atoms with Crippen LogP contribution in [0.3, 0.4) is 0 Å². The molecule has 0 saturated heterocycles. The molecule has 0 bridgehead atoms. The summed E-state index contributed by atoms with van der Waals surface area (Å²) in [6.45, 7) is 1.82. The van der Waals surface area contributed by atoms with Gasteiger partial charge in [-0.1, -0.05) is 29.8 Å². The van der Waals surface area contributed by atoms with Gasteiger partial charge in [-0.15, -0.1) is 0 Å². The maximum atomic E-state index is 12.7. The van der Waals surface area contributed by atoms with Gasteiger partial charge < -0.3 is 22.3 Å². The van der Waals surface area contributed by atoms with Crippen LogP contribution in [0.5, 0.6) is 0 Å². The van der Waals surface area contributed by atoms with Gasteiger partial charge in [0.2, 0.25) is 11.8 Å². The Hall–Kier alpha value is -2.50. The second-order valence-electron chi connectivity index (χ2n) is 5.91. The average Bonchev–Trinajstić information content (AvgIpc) is 2.68. The van der Waals surface area contributed by atoms with E-state index in [-0.39, 0.29) is 28.7 Å². The molecule has 1 heterocycles. The first-order valence-electron chi connectivity index (χ1n) is 8.21. The number of nitrogens with zero attached hydrogens (tertiary/aromatic N) is 1. The number of rotatable bonds is 5. The molecule has 1 atom stereocenters. The Labute approximate surface area is 173 Å². The summed E-state index contributed by atoms with van der Waals surface area (Å²) < 4.78 is 1.78. The van der Waals surface area contributed by atoms with Gasteiger partial charge in [-0.05, 0) is 42.5 Å². The van der Waals surface area contributed by atoms with Crippen LogP contribution < -0.4 is 26.9 Å². The van der Waals surface area contributed by atoms with E-state index in [0.29, 0.717) is 21.8 Å². The van der Waals surface area contributed by atoms with Gasteiger partial charge in [-0.25, -0.2) is 0 Å². The Kier molecular flexibility index (Phi) is 7.28. The average molecular weight is 446 g/mol. The first-order chi connectivity index (χ1) is 12.5. The summed E-state index contributed by atoms with van der Waals surface area (Å²) in [7, 11) is 0. The van der Waals surface area contributed by atoms with E-state index >= 15 is 0 Å². The van der Waals surface area contributed by atoms with Crippen LogP contribution in [0.2, 0.25) is 5.02 Å². The van der Waals surface area contributed by atoms with Crippen LogP contribution in [0.15, 0.2) is 79.1 Å². The zero-order valence-corrected chi connectivity index (χ0v) is 16.9. The molecule has 0 spiro atoms. The van der Waals surface area contributed by atoms with Crippen molar-refractivity contribution in [3.8, 4) is 0 Å². The summed E-state index contributed by atoms with van der Waals surface area (Å²) in [5, 5.41) is 3.44. The molecule has 4 nitrogen and oxygen atoms in total.